The number of aromatic nitrogens is 3. The molecule has 0 aliphatic carbocycles. The molecule has 1 unspecified atom stereocenters. The van der Waals surface area contributed by atoms with E-state index >= 15 is 0 Å². The normalized spacial score (nSPS) is 26.3. The van der Waals surface area contributed by atoms with Crippen LogP contribution in [0, 0.1) is 0 Å². The first-order valence-corrected chi connectivity index (χ1v) is 6.33. The van der Waals surface area contributed by atoms with Crippen LogP contribution in [0.15, 0.2) is 30.9 Å². The van der Waals surface area contributed by atoms with Gasteiger partial charge in [0.1, 0.15) is 18.3 Å². The molecule has 1 fully saturated rings. The van der Waals surface area contributed by atoms with Gasteiger partial charge in [-0.15, -0.1) is 0 Å². The largest absolute Gasteiger partial charge is 0.359 e. The van der Waals surface area contributed by atoms with Gasteiger partial charge in [-0.1, -0.05) is 29.3 Å². The van der Waals surface area contributed by atoms with Crippen molar-refractivity contribution in [2.75, 3.05) is 0 Å². The predicted molar refractivity (Wildman–Crippen MR) is 68.7 cm³/mol. The summed E-state index contributed by atoms with van der Waals surface area (Å²) in [6, 6.07) is 5.46. The Bertz CT molecular complexity index is 573. The van der Waals surface area contributed by atoms with Crippen LogP contribution in [0.3, 0.4) is 0 Å². The molecule has 0 saturated carbocycles. The molecule has 0 amide bonds. The van der Waals surface area contributed by atoms with E-state index in [2.05, 4.69) is 10.1 Å². The number of hydrogen-bond donors (Lipinski definition) is 0. The van der Waals surface area contributed by atoms with Crippen molar-refractivity contribution >= 4 is 23.2 Å². The first-order chi connectivity index (χ1) is 8.62. The highest BCUT2D eigenvalue weighted by atomic mass is 35.5. The lowest BCUT2D eigenvalue weighted by Gasteiger charge is -2.14. The Balaban J connectivity index is 1.97. The van der Waals surface area contributed by atoms with Gasteiger partial charge in [0.15, 0.2) is 0 Å². The van der Waals surface area contributed by atoms with E-state index in [0.29, 0.717) is 16.6 Å². The molecule has 2 atom stereocenters. The molecule has 1 saturated heterocycles. The summed E-state index contributed by atoms with van der Waals surface area (Å²) in [5, 5.41) is 5.34. The van der Waals surface area contributed by atoms with Crippen LogP contribution in [0.5, 0.6) is 0 Å². The average molecular weight is 284 g/mol. The maximum absolute atomic E-state index is 6.25. The number of benzene rings is 1. The van der Waals surface area contributed by atoms with Crippen molar-refractivity contribution in [1.29, 1.82) is 0 Å². The summed E-state index contributed by atoms with van der Waals surface area (Å²) in [6.45, 7) is 2.61. The summed E-state index contributed by atoms with van der Waals surface area (Å²) in [4.78, 5) is 3.93. The van der Waals surface area contributed by atoms with Gasteiger partial charge in [0, 0.05) is 15.6 Å². The molecule has 0 spiro atoms. The van der Waals surface area contributed by atoms with Gasteiger partial charge in [-0.05, 0) is 19.1 Å². The summed E-state index contributed by atoms with van der Waals surface area (Å²) in [6.07, 6.45) is 3.27. The average Bonchev–Trinajstić information content (AvgIpc) is 2.75. The lowest BCUT2D eigenvalue weighted by molar-refractivity contribution is 0.264. The van der Waals surface area contributed by atoms with Crippen LogP contribution in [-0.2, 0) is 16.9 Å². The highest BCUT2D eigenvalue weighted by Gasteiger charge is 2.56. The Kier molecular flexibility index (Phi) is 2.81. The molecule has 4 nitrogen and oxygen atoms in total. The Hall–Kier alpha value is -1.10. The van der Waals surface area contributed by atoms with Gasteiger partial charge in [0.05, 0.1) is 12.6 Å². The Morgan fingerprint density at radius 3 is 2.78 bits per heavy atom. The van der Waals surface area contributed by atoms with Crippen LogP contribution in [0.25, 0.3) is 0 Å². The molecule has 1 aliphatic rings. The molecule has 2 aromatic rings. The van der Waals surface area contributed by atoms with Crippen molar-refractivity contribution in [2.24, 2.45) is 0 Å². The first kappa shape index (κ1) is 12.0. The van der Waals surface area contributed by atoms with E-state index < -0.39 is 5.60 Å². The van der Waals surface area contributed by atoms with E-state index in [1.165, 1.54) is 6.33 Å². The second kappa shape index (κ2) is 4.23. The van der Waals surface area contributed by atoms with Crippen LogP contribution in [0.4, 0.5) is 0 Å². The van der Waals surface area contributed by atoms with Crippen molar-refractivity contribution in [1.82, 2.24) is 14.8 Å². The molecule has 94 valence electrons. The third-order valence-electron chi connectivity index (χ3n) is 3.24. The molecule has 1 aromatic heterocycles. The second-order valence-corrected chi connectivity index (χ2v) is 5.21. The van der Waals surface area contributed by atoms with E-state index in [1.54, 1.807) is 17.1 Å². The number of rotatable bonds is 3. The number of nitrogens with zero attached hydrogens (tertiary/aromatic N) is 3. The fourth-order valence-corrected chi connectivity index (χ4v) is 2.77. The maximum atomic E-state index is 6.25. The van der Waals surface area contributed by atoms with Crippen LogP contribution in [-0.4, -0.2) is 20.9 Å². The topological polar surface area (TPSA) is 43.2 Å². The molecule has 1 aliphatic heterocycles. The Labute approximate surface area is 114 Å². The summed E-state index contributed by atoms with van der Waals surface area (Å²) in [5.41, 5.74) is 0.520. The van der Waals surface area contributed by atoms with Gasteiger partial charge in [0.25, 0.3) is 0 Å². The van der Waals surface area contributed by atoms with Crippen molar-refractivity contribution in [3.63, 3.8) is 0 Å². The minimum absolute atomic E-state index is 0.0976. The van der Waals surface area contributed by atoms with Crippen molar-refractivity contribution in [3.8, 4) is 0 Å². The highest BCUT2D eigenvalue weighted by molar-refractivity contribution is 6.35. The second-order valence-electron chi connectivity index (χ2n) is 4.37. The number of hydrogen-bond acceptors (Lipinski definition) is 3. The van der Waals surface area contributed by atoms with Crippen molar-refractivity contribution in [2.45, 2.75) is 25.2 Å². The minimum atomic E-state index is -0.421. The molecular formula is C12H11Cl2N3O. The fourth-order valence-electron chi connectivity index (χ4n) is 2.20. The van der Waals surface area contributed by atoms with E-state index in [9.17, 15) is 0 Å². The van der Waals surface area contributed by atoms with Gasteiger partial charge in [0.2, 0.25) is 0 Å². The molecule has 1 aromatic carbocycles. The van der Waals surface area contributed by atoms with Gasteiger partial charge in [-0.2, -0.15) is 5.10 Å². The van der Waals surface area contributed by atoms with Crippen LogP contribution < -0.4 is 0 Å². The molecule has 0 bridgehead atoms. The first-order valence-electron chi connectivity index (χ1n) is 5.57. The zero-order chi connectivity index (χ0) is 12.8. The minimum Gasteiger partial charge on any atom is -0.359 e. The highest BCUT2D eigenvalue weighted by Crippen LogP contribution is 2.49. The summed E-state index contributed by atoms with van der Waals surface area (Å²) < 4.78 is 7.51. The lowest BCUT2D eigenvalue weighted by Crippen LogP contribution is -2.21. The molecule has 18 heavy (non-hydrogen) atoms. The SMILES string of the molecule is C[C@@H]1OC1(Cn1cncn1)c1ccc(Cl)cc1Cl. The van der Waals surface area contributed by atoms with Crippen LogP contribution >= 0.6 is 23.2 Å². The lowest BCUT2D eigenvalue weighted by atomic mass is 9.96. The zero-order valence-electron chi connectivity index (χ0n) is 9.68. The summed E-state index contributed by atoms with van der Waals surface area (Å²) >= 11 is 12.2. The molecular weight excluding hydrogens is 273 g/mol. The molecule has 2 heterocycles. The molecule has 6 heteroatoms. The monoisotopic (exact) mass is 283 g/mol. The summed E-state index contributed by atoms with van der Waals surface area (Å²) in [5.74, 6) is 0. The fraction of sp³-hybridized carbons (Fsp3) is 0.333. The van der Waals surface area contributed by atoms with E-state index in [4.69, 9.17) is 27.9 Å². The third kappa shape index (κ3) is 1.90. The third-order valence-corrected chi connectivity index (χ3v) is 3.78. The Morgan fingerprint density at radius 1 is 1.44 bits per heavy atom. The molecule has 0 radical (unpaired) electrons. The predicted octanol–water partition coefficient (Wildman–Crippen LogP) is 2.90. The van der Waals surface area contributed by atoms with E-state index in [0.717, 1.165) is 5.56 Å². The van der Waals surface area contributed by atoms with Gasteiger partial charge in [-0.3, -0.25) is 0 Å². The standard InChI is InChI=1S/C12H11Cl2N3O/c1-8-12(18-8,5-17-7-15-6-16-17)10-3-2-9(13)4-11(10)14/h2-4,6-8H,5H2,1H3/t8-,12?/m0/s1. The summed E-state index contributed by atoms with van der Waals surface area (Å²) in [7, 11) is 0. The smallest absolute Gasteiger partial charge is 0.140 e. The quantitative estimate of drug-likeness (QED) is 0.814. The number of halogens is 2. The van der Waals surface area contributed by atoms with Crippen molar-refractivity contribution < 1.29 is 4.74 Å². The zero-order valence-corrected chi connectivity index (χ0v) is 11.2. The molecule has 3 rings (SSSR count). The van der Waals surface area contributed by atoms with Gasteiger partial charge in [-0.25, -0.2) is 9.67 Å². The molecule has 0 N–H and O–H groups in total. The van der Waals surface area contributed by atoms with Crippen molar-refractivity contribution in [3.05, 3.63) is 46.5 Å². The van der Waals surface area contributed by atoms with Gasteiger partial charge < -0.3 is 4.74 Å². The number of epoxide rings is 1. The van der Waals surface area contributed by atoms with Crippen LogP contribution in [0.1, 0.15) is 12.5 Å². The maximum Gasteiger partial charge on any atom is 0.140 e. The van der Waals surface area contributed by atoms with E-state index in [-0.39, 0.29) is 6.10 Å². The van der Waals surface area contributed by atoms with E-state index in [1.807, 2.05) is 19.1 Å². The van der Waals surface area contributed by atoms with Crippen LogP contribution in [0.2, 0.25) is 10.0 Å². The number of ether oxygens (including phenoxy) is 1. The Morgan fingerprint density at radius 2 is 2.22 bits per heavy atom. The van der Waals surface area contributed by atoms with Gasteiger partial charge >= 0.3 is 0 Å².